The minimum absolute atomic E-state index is 0.0577. The van der Waals surface area contributed by atoms with E-state index in [9.17, 15) is 15.0 Å². The van der Waals surface area contributed by atoms with Gasteiger partial charge < -0.3 is 19.8 Å². The Morgan fingerprint density at radius 1 is 1.45 bits per heavy atom. The van der Waals surface area contributed by atoms with Crippen molar-refractivity contribution < 1.29 is 19.7 Å². The Kier molecular flexibility index (Phi) is 5.42. The Hall–Kier alpha value is -1.59. The van der Waals surface area contributed by atoms with E-state index in [1.807, 2.05) is 6.92 Å². The zero-order valence-electron chi connectivity index (χ0n) is 13.3. The summed E-state index contributed by atoms with van der Waals surface area (Å²) in [6.45, 7) is 3.11. The third-order valence-corrected chi connectivity index (χ3v) is 4.50. The number of aliphatic hydroxyl groups excluding tert-OH is 1. The van der Waals surface area contributed by atoms with Crippen LogP contribution in [0.15, 0.2) is 24.3 Å². The van der Waals surface area contributed by atoms with Crippen LogP contribution in [0, 0.1) is 5.41 Å². The van der Waals surface area contributed by atoms with Crippen LogP contribution in [0.3, 0.4) is 0 Å². The molecule has 1 atom stereocenters. The summed E-state index contributed by atoms with van der Waals surface area (Å²) < 4.78 is 5.23. The van der Waals surface area contributed by atoms with Gasteiger partial charge in [-0.25, -0.2) is 0 Å². The third-order valence-electron chi connectivity index (χ3n) is 4.50. The van der Waals surface area contributed by atoms with Gasteiger partial charge in [-0.1, -0.05) is 18.6 Å². The van der Waals surface area contributed by atoms with Crippen LogP contribution in [0.5, 0.6) is 5.75 Å². The molecular formula is C17H25NO4. The molecule has 1 saturated carbocycles. The Morgan fingerprint density at radius 2 is 2.18 bits per heavy atom. The number of aliphatic hydroxyl groups is 1. The number of likely N-dealkylation sites (N-methyl/N-ethyl adjacent to an activating group) is 1. The lowest BCUT2D eigenvalue weighted by Gasteiger charge is -2.43. The predicted molar refractivity (Wildman–Crippen MR) is 83.5 cm³/mol. The van der Waals surface area contributed by atoms with E-state index in [1.165, 1.54) is 6.07 Å². The maximum Gasteiger partial charge on any atom is 0.231 e. The van der Waals surface area contributed by atoms with Gasteiger partial charge in [0.15, 0.2) is 0 Å². The molecule has 1 aromatic carbocycles. The second kappa shape index (κ2) is 7.11. The van der Waals surface area contributed by atoms with Crippen LogP contribution >= 0.6 is 0 Å². The molecule has 0 unspecified atom stereocenters. The summed E-state index contributed by atoms with van der Waals surface area (Å²) in [5.41, 5.74) is 0.198. The highest BCUT2D eigenvalue weighted by atomic mass is 16.5. The second-order valence-electron chi connectivity index (χ2n) is 6.02. The zero-order chi connectivity index (χ0) is 16.2. The molecule has 0 aromatic heterocycles. The number of phenols is 1. The summed E-state index contributed by atoms with van der Waals surface area (Å²) in [5, 5.41) is 19.8. The standard InChI is InChI=1S/C17H25NO4/c1-3-18(16(21)17(12-22-2)8-5-9-17)11-15(20)13-6-4-7-14(19)10-13/h4,6-7,10,15,19-20H,3,5,8-9,11-12H2,1-2H3/t15-/m0/s1. The van der Waals surface area contributed by atoms with Crippen LogP contribution in [-0.2, 0) is 9.53 Å². The Bertz CT molecular complexity index is 513. The summed E-state index contributed by atoms with van der Waals surface area (Å²) in [6.07, 6.45) is 1.93. The quantitative estimate of drug-likeness (QED) is 0.809. The third kappa shape index (κ3) is 3.42. The van der Waals surface area contributed by atoms with E-state index < -0.39 is 11.5 Å². The fraction of sp³-hybridized carbons (Fsp3) is 0.588. The molecule has 5 heteroatoms. The maximum absolute atomic E-state index is 12.8. The fourth-order valence-corrected chi connectivity index (χ4v) is 3.04. The molecule has 22 heavy (non-hydrogen) atoms. The van der Waals surface area contributed by atoms with Gasteiger partial charge in [0.1, 0.15) is 5.75 Å². The van der Waals surface area contributed by atoms with Gasteiger partial charge in [0, 0.05) is 13.7 Å². The lowest BCUT2D eigenvalue weighted by Crippen LogP contribution is -2.51. The van der Waals surface area contributed by atoms with Crippen molar-refractivity contribution in [2.75, 3.05) is 26.8 Å². The predicted octanol–water partition coefficient (Wildman–Crippen LogP) is 2.09. The minimum atomic E-state index is -0.810. The molecule has 0 spiro atoms. The number of aromatic hydroxyl groups is 1. The smallest absolute Gasteiger partial charge is 0.231 e. The minimum Gasteiger partial charge on any atom is -0.508 e. The number of benzene rings is 1. The largest absolute Gasteiger partial charge is 0.508 e. The highest BCUT2D eigenvalue weighted by Crippen LogP contribution is 2.43. The van der Waals surface area contributed by atoms with Gasteiger partial charge in [-0.3, -0.25) is 4.79 Å². The topological polar surface area (TPSA) is 70.0 Å². The lowest BCUT2D eigenvalue weighted by atomic mass is 9.68. The molecule has 1 aromatic rings. The van der Waals surface area contributed by atoms with E-state index in [2.05, 4.69) is 0 Å². The number of carbonyl (C=O) groups is 1. The van der Waals surface area contributed by atoms with Gasteiger partial charge in [0.2, 0.25) is 5.91 Å². The van der Waals surface area contributed by atoms with Crippen molar-refractivity contribution in [3.05, 3.63) is 29.8 Å². The SMILES string of the molecule is CCN(C[C@H](O)c1cccc(O)c1)C(=O)C1(COC)CCC1. The van der Waals surface area contributed by atoms with Crippen LogP contribution in [0.1, 0.15) is 37.9 Å². The number of ether oxygens (including phenoxy) is 1. The highest BCUT2D eigenvalue weighted by molar-refractivity contribution is 5.83. The molecule has 1 fully saturated rings. The van der Waals surface area contributed by atoms with E-state index in [1.54, 1.807) is 30.2 Å². The summed E-state index contributed by atoms with van der Waals surface area (Å²) >= 11 is 0. The summed E-state index contributed by atoms with van der Waals surface area (Å²) in [4.78, 5) is 14.5. The molecule has 2 rings (SSSR count). The van der Waals surface area contributed by atoms with Gasteiger partial charge in [-0.2, -0.15) is 0 Å². The molecule has 0 radical (unpaired) electrons. The van der Waals surface area contributed by atoms with Crippen LogP contribution in [0.25, 0.3) is 0 Å². The molecule has 0 saturated heterocycles. The first-order valence-corrected chi connectivity index (χ1v) is 7.77. The van der Waals surface area contributed by atoms with E-state index in [0.29, 0.717) is 18.7 Å². The monoisotopic (exact) mass is 307 g/mol. The molecule has 0 aliphatic heterocycles. The van der Waals surface area contributed by atoms with Crippen molar-refractivity contribution in [1.29, 1.82) is 0 Å². The van der Waals surface area contributed by atoms with E-state index >= 15 is 0 Å². The number of phenolic OH excluding ortho intramolecular Hbond substituents is 1. The average Bonchev–Trinajstić information content (AvgIpc) is 2.47. The van der Waals surface area contributed by atoms with Crippen molar-refractivity contribution in [3.63, 3.8) is 0 Å². The van der Waals surface area contributed by atoms with Crippen molar-refractivity contribution in [1.82, 2.24) is 4.90 Å². The molecule has 1 aliphatic rings. The number of rotatable bonds is 7. The van der Waals surface area contributed by atoms with Crippen LogP contribution < -0.4 is 0 Å². The molecule has 2 N–H and O–H groups in total. The average molecular weight is 307 g/mol. The molecule has 1 aliphatic carbocycles. The maximum atomic E-state index is 12.8. The van der Waals surface area contributed by atoms with Gasteiger partial charge in [-0.15, -0.1) is 0 Å². The van der Waals surface area contributed by atoms with Gasteiger partial charge in [0.25, 0.3) is 0 Å². The molecular weight excluding hydrogens is 282 g/mol. The van der Waals surface area contributed by atoms with Crippen LogP contribution in [-0.4, -0.2) is 47.8 Å². The number of hydrogen-bond acceptors (Lipinski definition) is 4. The number of hydrogen-bond donors (Lipinski definition) is 2. The first kappa shape index (κ1) is 16.8. The first-order valence-electron chi connectivity index (χ1n) is 7.77. The summed E-state index contributed by atoms with van der Waals surface area (Å²) in [6, 6.07) is 6.51. The van der Waals surface area contributed by atoms with Gasteiger partial charge in [-0.05, 0) is 37.5 Å². The first-order chi connectivity index (χ1) is 10.5. The van der Waals surface area contributed by atoms with Crippen molar-refractivity contribution in [3.8, 4) is 5.75 Å². The fourth-order valence-electron chi connectivity index (χ4n) is 3.04. The summed E-state index contributed by atoms with van der Waals surface area (Å²) in [5.74, 6) is 0.170. The van der Waals surface area contributed by atoms with E-state index in [0.717, 1.165) is 19.3 Å². The lowest BCUT2D eigenvalue weighted by molar-refractivity contribution is -0.153. The molecule has 0 heterocycles. The number of amides is 1. The van der Waals surface area contributed by atoms with Crippen molar-refractivity contribution in [2.24, 2.45) is 5.41 Å². The van der Waals surface area contributed by atoms with Crippen molar-refractivity contribution >= 4 is 5.91 Å². The van der Waals surface area contributed by atoms with Gasteiger partial charge >= 0.3 is 0 Å². The van der Waals surface area contributed by atoms with Crippen LogP contribution in [0.4, 0.5) is 0 Å². The van der Waals surface area contributed by atoms with E-state index in [4.69, 9.17) is 4.74 Å². The normalized spacial score (nSPS) is 17.6. The van der Waals surface area contributed by atoms with Crippen molar-refractivity contribution in [2.45, 2.75) is 32.3 Å². The number of methoxy groups -OCH3 is 1. The van der Waals surface area contributed by atoms with E-state index in [-0.39, 0.29) is 18.2 Å². The Balaban J connectivity index is 2.06. The van der Waals surface area contributed by atoms with Crippen LogP contribution in [0.2, 0.25) is 0 Å². The zero-order valence-corrected chi connectivity index (χ0v) is 13.3. The highest BCUT2D eigenvalue weighted by Gasteiger charge is 2.46. The molecule has 5 nitrogen and oxygen atoms in total. The van der Waals surface area contributed by atoms with Gasteiger partial charge in [0.05, 0.1) is 24.7 Å². The second-order valence-corrected chi connectivity index (χ2v) is 6.02. The molecule has 0 bridgehead atoms. The molecule has 1 amide bonds. The number of nitrogens with zero attached hydrogens (tertiary/aromatic N) is 1. The Morgan fingerprint density at radius 3 is 2.68 bits per heavy atom. The molecule has 122 valence electrons. The number of carbonyl (C=O) groups excluding carboxylic acids is 1. The Labute approximate surface area is 131 Å². The summed E-state index contributed by atoms with van der Waals surface area (Å²) in [7, 11) is 1.62.